The van der Waals surface area contributed by atoms with E-state index in [1.807, 2.05) is 0 Å². The average molecular weight is 311 g/mol. The lowest BCUT2D eigenvalue weighted by molar-refractivity contribution is -0.131. The van der Waals surface area contributed by atoms with E-state index in [4.69, 9.17) is 5.11 Å². The van der Waals surface area contributed by atoms with Crippen molar-refractivity contribution in [3.63, 3.8) is 0 Å². The minimum atomic E-state index is -3.69. The van der Waals surface area contributed by atoms with E-state index in [2.05, 4.69) is 14.3 Å². The molecular formula is C11H9N3O4S2. The normalized spacial score (nSPS) is 11.6. The second-order valence-electron chi connectivity index (χ2n) is 3.63. The van der Waals surface area contributed by atoms with Crippen LogP contribution in [-0.4, -0.2) is 29.1 Å². The molecule has 1 aromatic heterocycles. The lowest BCUT2D eigenvalue weighted by atomic mass is 10.2. The van der Waals surface area contributed by atoms with Gasteiger partial charge in [-0.15, -0.1) is 5.10 Å². The van der Waals surface area contributed by atoms with Crippen LogP contribution in [0.5, 0.6) is 0 Å². The zero-order chi connectivity index (χ0) is 14.6. The SMILES string of the molecule is O=C(O)/C=C/c1ccc(S(=O)(=O)Nc2cnns2)cc1. The van der Waals surface area contributed by atoms with Gasteiger partial charge in [0.25, 0.3) is 10.0 Å². The van der Waals surface area contributed by atoms with Crippen LogP contribution in [0, 0.1) is 0 Å². The van der Waals surface area contributed by atoms with Gasteiger partial charge in [0.1, 0.15) is 5.00 Å². The van der Waals surface area contributed by atoms with E-state index in [0.29, 0.717) is 10.6 Å². The van der Waals surface area contributed by atoms with Gasteiger partial charge in [-0.3, -0.25) is 4.72 Å². The summed E-state index contributed by atoms with van der Waals surface area (Å²) in [5.41, 5.74) is 0.589. The maximum Gasteiger partial charge on any atom is 0.328 e. The number of carboxylic acid groups (broad SMARTS) is 1. The fourth-order valence-corrected chi connectivity index (χ4v) is 3.01. The van der Waals surface area contributed by atoms with Crippen molar-refractivity contribution in [2.75, 3.05) is 4.72 Å². The number of hydrogen-bond donors (Lipinski definition) is 2. The number of aromatic nitrogens is 2. The van der Waals surface area contributed by atoms with Crippen LogP contribution in [-0.2, 0) is 14.8 Å². The zero-order valence-electron chi connectivity index (χ0n) is 9.92. The van der Waals surface area contributed by atoms with Gasteiger partial charge in [-0.1, -0.05) is 16.6 Å². The summed E-state index contributed by atoms with van der Waals surface area (Å²) in [5, 5.41) is 12.4. The van der Waals surface area contributed by atoms with E-state index < -0.39 is 16.0 Å². The van der Waals surface area contributed by atoms with Gasteiger partial charge >= 0.3 is 5.97 Å². The summed E-state index contributed by atoms with van der Waals surface area (Å²) in [6, 6.07) is 5.80. The molecule has 0 aliphatic heterocycles. The first-order valence-electron chi connectivity index (χ1n) is 5.28. The number of hydrogen-bond acceptors (Lipinski definition) is 6. The largest absolute Gasteiger partial charge is 0.478 e. The Morgan fingerprint density at radius 1 is 1.30 bits per heavy atom. The summed E-state index contributed by atoms with van der Waals surface area (Å²) >= 11 is 0.931. The van der Waals surface area contributed by atoms with Crippen molar-refractivity contribution < 1.29 is 18.3 Å². The predicted octanol–water partition coefficient (Wildman–Crippen LogP) is 1.44. The molecule has 1 aromatic carbocycles. The van der Waals surface area contributed by atoms with Gasteiger partial charge in [0, 0.05) is 17.6 Å². The number of aliphatic carboxylic acids is 1. The van der Waals surface area contributed by atoms with E-state index in [1.165, 1.54) is 36.5 Å². The molecule has 2 N–H and O–H groups in total. The number of sulfonamides is 1. The molecule has 2 rings (SSSR count). The Balaban J connectivity index is 2.19. The van der Waals surface area contributed by atoms with Crippen molar-refractivity contribution in [2.45, 2.75) is 4.90 Å². The molecule has 0 aliphatic rings. The second kappa shape index (κ2) is 5.80. The Morgan fingerprint density at radius 3 is 2.55 bits per heavy atom. The Bertz CT molecular complexity index is 722. The summed E-state index contributed by atoms with van der Waals surface area (Å²) in [6.07, 6.45) is 3.66. The molecule has 104 valence electrons. The molecule has 0 amide bonds. The third kappa shape index (κ3) is 3.62. The number of nitrogens with one attached hydrogen (secondary N) is 1. The minimum Gasteiger partial charge on any atom is -0.478 e. The Kier molecular flexibility index (Phi) is 4.11. The van der Waals surface area contributed by atoms with Crippen molar-refractivity contribution in [3.05, 3.63) is 42.1 Å². The second-order valence-corrected chi connectivity index (χ2v) is 6.10. The van der Waals surface area contributed by atoms with Crippen LogP contribution in [0.1, 0.15) is 5.56 Å². The van der Waals surface area contributed by atoms with Gasteiger partial charge in [0.05, 0.1) is 11.1 Å². The Labute approximate surface area is 118 Å². The highest BCUT2D eigenvalue weighted by molar-refractivity contribution is 7.93. The maximum atomic E-state index is 12.0. The van der Waals surface area contributed by atoms with Gasteiger partial charge < -0.3 is 5.11 Å². The van der Waals surface area contributed by atoms with Crippen LogP contribution >= 0.6 is 11.5 Å². The number of rotatable bonds is 5. The van der Waals surface area contributed by atoms with Crippen LogP contribution in [0.2, 0.25) is 0 Å². The average Bonchev–Trinajstić information content (AvgIpc) is 2.89. The van der Waals surface area contributed by atoms with Gasteiger partial charge in [-0.2, -0.15) is 0 Å². The fourth-order valence-electron chi connectivity index (χ4n) is 1.33. The van der Waals surface area contributed by atoms with E-state index in [9.17, 15) is 13.2 Å². The van der Waals surface area contributed by atoms with Crippen LogP contribution < -0.4 is 4.72 Å². The van der Waals surface area contributed by atoms with E-state index in [-0.39, 0.29) is 4.90 Å². The number of nitrogens with zero attached hydrogens (tertiary/aromatic N) is 2. The van der Waals surface area contributed by atoms with Crippen LogP contribution in [0.3, 0.4) is 0 Å². The molecule has 0 aliphatic carbocycles. The Hall–Kier alpha value is -2.26. The van der Waals surface area contributed by atoms with Crippen molar-refractivity contribution in [3.8, 4) is 0 Å². The smallest absolute Gasteiger partial charge is 0.328 e. The number of carboxylic acids is 1. The molecule has 2 aromatic rings. The zero-order valence-corrected chi connectivity index (χ0v) is 11.6. The number of carbonyl (C=O) groups is 1. The molecule has 0 spiro atoms. The Morgan fingerprint density at radius 2 is 2.00 bits per heavy atom. The first-order chi connectivity index (χ1) is 9.47. The third-order valence-electron chi connectivity index (χ3n) is 2.21. The molecule has 9 heteroatoms. The molecule has 0 fully saturated rings. The minimum absolute atomic E-state index is 0.0679. The van der Waals surface area contributed by atoms with Crippen molar-refractivity contribution in [1.82, 2.24) is 9.59 Å². The third-order valence-corrected chi connectivity index (χ3v) is 4.30. The van der Waals surface area contributed by atoms with Crippen LogP contribution in [0.25, 0.3) is 6.08 Å². The summed E-state index contributed by atoms with van der Waals surface area (Å²) < 4.78 is 29.9. The molecule has 0 saturated carbocycles. The molecule has 1 heterocycles. The number of benzene rings is 1. The van der Waals surface area contributed by atoms with Gasteiger partial charge in [0.2, 0.25) is 0 Å². The van der Waals surface area contributed by atoms with Crippen molar-refractivity contribution in [2.24, 2.45) is 0 Å². The predicted molar refractivity (Wildman–Crippen MR) is 73.8 cm³/mol. The summed E-state index contributed by atoms with van der Waals surface area (Å²) in [5.74, 6) is -1.07. The van der Waals surface area contributed by atoms with E-state index in [0.717, 1.165) is 17.6 Å². The summed E-state index contributed by atoms with van der Waals surface area (Å²) in [4.78, 5) is 10.4. The molecular weight excluding hydrogens is 302 g/mol. The van der Waals surface area contributed by atoms with Crippen molar-refractivity contribution in [1.29, 1.82) is 0 Å². The van der Waals surface area contributed by atoms with Gasteiger partial charge in [0.15, 0.2) is 0 Å². The lowest BCUT2D eigenvalue weighted by Gasteiger charge is -2.05. The lowest BCUT2D eigenvalue weighted by Crippen LogP contribution is -2.11. The summed E-state index contributed by atoms with van der Waals surface area (Å²) in [7, 11) is -3.69. The van der Waals surface area contributed by atoms with E-state index in [1.54, 1.807) is 0 Å². The first-order valence-corrected chi connectivity index (χ1v) is 7.54. The van der Waals surface area contributed by atoms with Crippen molar-refractivity contribution >= 4 is 38.6 Å². The highest BCUT2D eigenvalue weighted by atomic mass is 32.2. The highest BCUT2D eigenvalue weighted by Gasteiger charge is 2.14. The fraction of sp³-hybridized carbons (Fsp3) is 0. The van der Waals surface area contributed by atoms with Crippen LogP contribution in [0.15, 0.2) is 41.4 Å². The van der Waals surface area contributed by atoms with Crippen LogP contribution in [0.4, 0.5) is 5.00 Å². The molecule has 0 radical (unpaired) electrons. The molecule has 7 nitrogen and oxygen atoms in total. The standard InChI is InChI=1S/C11H9N3O4S2/c15-11(16)6-3-8-1-4-9(5-2-8)20(17,18)13-10-7-12-14-19-10/h1-7,13H,(H,15,16)/b6-3+. The molecule has 20 heavy (non-hydrogen) atoms. The number of anilines is 1. The van der Waals surface area contributed by atoms with Gasteiger partial charge in [-0.05, 0) is 23.8 Å². The van der Waals surface area contributed by atoms with Gasteiger partial charge in [-0.25, -0.2) is 13.2 Å². The molecule has 0 unspecified atom stereocenters. The first kappa shape index (κ1) is 14.2. The molecule has 0 saturated heterocycles. The molecule has 0 bridgehead atoms. The van der Waals surface area contributed by atoms with E-state index >= 15 is 0 Å². The monoisotopic (exact) mass is 311 g/mol. The molecule has 0 atom stereocenters. The highest BCUT2D eigenvalue weighted by Crippen LogP contribution is 2.18. The quantitative estimate of drug-likeness (QED) is 0.809. The topological polar surface area (TPSA) is 109 Å². The summed E-state index contributed by atoms with van der Waals surface area (Å²) in [6.45, 7) is 0. The maximum absolute atomic E-state index is 12.0.